The summed E-state index contributed by atoms with van der Waals surface area (Å²) in [5.41, 5.74) is 2.37. The molecule has 1 N–H and O–H groups in total. The van der Waals surface area contributed by atoms with Gasteiger partial charge >= 0.3 is 0 Å². The van der Waals surface area contributed by atoms with Crippen molar-refractivity contribution in [1.82, 2.24) is 4.98 Å². The second-order valence-corrected chi connectivity index (χ2v) is 9.21. The maximum absolute atomic E-state index is 12.9. The molecule has 6 nitrogen and oxygen atoms in total. The van der Waals surface area contributed by atoms with Gasteiger partial charge in [-0.1, -0.05) is 12.1 Å². The highest BCUT2D eigenvalue weighted by atomic mass is 32.2. The fourth-order valence-electron chi connectivity index (χ4n) is 3.57. The van der Waals surface area contributed by atoms with Crippen molar-refractivity contribution in [2.75, 3.05) is 30.9 Å². The molecule has 0 unspecified atom stereocenters. The number of rotatable bonds is 6. The molecule has 0 spiro atoms. The highest BCUT2D eigenvalue weighted by molar-refractivity contribution is 7.99. The molecule has 160 valence electrons. The largest absolute Gasteiger partial charge is 0.486 e. The van der Waals surface area contributed by atoms with Crippen molar-refractivity contribution in [3.63, 3.8) is 0 Å². The van der Waals surface area contributed by atoms with Gasteiger partial charge in [0.15, 0.2) is 16.6 Å². The first kappa shape index (κ1) is 20.4. The summed E-state index contributed by atoms with van der Waals surface area (Å²) in [6.45, 7) is 1.94. The quantitative estimate of drug-likeness (QED) is 0.522. The SMILES string of the molecule is O=C(Nc1nc(-c2ccc3c(c2)OCCO3)cs1)c1ccccc1SC[C@H]1CCCO1. The van der Waals surface area contributed by atoms with Crippen LogP contribution >= 0.6 is 23.1 Å². The molecule has 2 aliphatic rings. The molecule has 1 amide bonds. The molecule has 1 aromatic heterocycles. The number of thiazole rings is 1. The van der Waals surface area contributed by atoms with Gasteiger partial charge in [-0.2, -0.15) is 0 Å². The van der Waals surface area contributed by atoms with Gasteiger partial charge in [0, 0.05) is 28.2 Å². The number of anilines is 1. The van der Waals surface area contributed by atoms with E-state index >= 15 is 0 Å². The molecule has 31 heavy (non-hydrogen) atoms. The van der Waals surface area contributed by atoms with Gasteiger partial charge in [0.2, 0.25) is 0 Å². The Morgan fingerprint density at radius 1 is 1.13 bits per heavy atom. The molecule has 0 radical (unpaired) electrons. The van der Waals surface area contributed by atoms with Gasteiger partial charge < -0.3 is 14.2 Å². The van der Waals surface area contributed by atoms with E-state index in [1.165, 1.54) is 11.3 Å². The van der Waals surface area contributed by atoms with Gasteiger partial charge in [-0.05, 0) is 43.2 Å². The predicted molar refractivity (Wildman–Crippen MR) is 123 cm³/mol. The molecule has 3 aromatic rings. The summed E-state index contributed by atoms with van der Waals surface area (Å²) in [4.78, 5) is 18.5. The molecule has 1 atom stereocenters. The van der Waals surface area contributed by atoms with E-state index in [1.807, 2.05) is 47.8 Å². The summed E-state index contributed by atoms with van der Waals surface area (Å²) < 4.78 is 16.9. The van der Waals surface area contributed by atoms with Crippen molar-refractivity contribution in [2.45, 2.75) is 23.8 Å². The van der Waals surface area contributed by atoms with Gasteiger partial charge in [-0.25, -0.2) is 4.98 Å². The summed E-state index contributed by atoms with van der Waals surface area (Å²) in [6, 6.07) is 13.4. The molecule has 5 rings (SSSR count). The predicted octanol–water partition coefficient (Wildman–Crippen LogP) is 5.10. The Morgan fingerprint density at radius 2 is 2.00 bits per heavy atom. The van der Waals surface area contributed by atoms with Crippen LogP contribution in [0.15, 0.2) is 52.7 Å². The van der Waals surface area contributed by atoms with E-state index < -0.39 is 0 Å². The monoisotopic (exact) mass is 454 g/mol. The molecule has 2 aromatic carbocycles. The summed E-state index contributed by atoms with van der Waals surface area (Å²) in [5.74, 6) is 2.17. The van der Waals surface area contributed by atoms with Crippen LogP contribution in [0.4, 0.5) is 5.13 Å². The number of nitrogens with one attached hydrogen (secondary N) is 1. The second kappa shape index (κ2) is 9.30. The van der Waals surface area contributed by atoms with Crippen molar-refractivity contribution in [3.8, 4) is 22.8 Å². The molecule has 2 aliphatic heterocycles. The third kappa shape index (κ3) is 4.71. The lowest BCUT2D eigenvalue weighted by Gasteiger charge is -2.18. The van der Waals surface area contributed by atoms with Crippen LogP contribution in [0.5, 0.6) is 11.5 Å². The molecule has 8 heteroatoms. The fourth-order valence-corrected chi connectivity index (χ4v) is 5.40. The number of nitrogens with zero attached hydrogens (tertiary/aromatic N) is 1. The minimum atomic E-state index is -0.154. The number of amides is 1. The first-order chi connectivity index (χ1) is 15.3. The number of aromatic nitrogens is 1. The Bertz CT molecular complexity index is 1080. The summed E-state index contributed by atoms with van der Waals surface area (Å²) >= 11 is 3.07. The summed E-state index contributed by atoms with van der Waals surface area (Å²) in [6.07, 6.45) is 2.47. The van der Waals surface area contributed by atoms with Gasteiger partial charge in [0.25, 0.3) is 5.91 Å². The van der Waals surface area contributed by atoms with Gasteiger partial charge in [0.1, 0.15) is 13.2 Å². The highest BCUT2D eigenvalue weighted by Gasteiger charge is 2.19. The molecule has 1 fully saturated rings. The lowest BCUT2D eigenvalue weighted by Crippen LogP contribution is -2.15. The maximum Gasteiger partial charge on any atom is 0.258 e. The zero-order chi connectivity index (χ0) is 21.0. The maximum atomic E-state index is 12.9. The highest BCUT2D eigenvalue weighted by Crippen LogP contribution is 2.35. The van der Waals surface area contributed by atoms with Crippen LogP contribution in [-0.4, -0.2) is 42.6 Å². The summed E-state index contributed by atoms with van der Waals surface area (Å²) in [7, 11) is 0. The van der Waals surface area contributed by atoms with Crippen LogP contribution in [0.25, 0.3) is 11.3 Å². The molecule has 0 saturated carbocycles. The van der Waals surface area contributed by atoms with Crippen molar-refractivity contribution < 1.29 is 19.0 Å². The Labute approximate surface area is 188 Å². The Morgan fingerprint density at radius 3 is 2.87 bits per heavy atom. The zero-order valence-corrected chi connectivity index (χ0v) is 18.5. The van der Waals surface area contributed by atoms with E-state index in [2.05, 4.69) is 10.3 Å². The standard InChI is InChI=1S/C23H22N2O4S2/c26-22(17-5-1-2-6-21(17)30-13-16-4-3-9-27-16)25-23-24-18(14-31-23)15-7-8-19-20(12-15)29-11-10-28-19/h1-2,5-8,12,14,16H,3-4,9-11,13H2,(H,24,25,26)/t16-/m1/s1. The number of carbonyl (C=O) groups is 1. The van der Waals surface area contributed by atoms with Crippen molar-refractivity contribution in [3.05, 3.63) is 53.4 Å². The molecule has 1 saturated heterocycles. The topological polar surface area (TPSA) is 69.7 Å². The number of fused-ring (bicyclic) bond motifs is 1. The molecule has 0 bridgehead atoms. The summed E-state index contributed by atoms with van der Waals surface area (Å²) in [5, 5.41) is 5.44. The van der Waals surface area contributed by atoms with Crippen LogP contribution < -0.4 is 14.8 Å². The third-order valence-corrected chi connectivity index (χ3v) is 7.11. The van der Waals surface area contributed by atoms with Crippen LogP contribution in [0, 0.1) is 0 Å². The van der Waals surface area contributed by atoms with E-state index in [1.54, 1.807) is 11.8 Å². The van der Waals surface area contributed by atoms with Crippen LogP contribution in [0.3, 0.4) is 0 Å². The molecular formula is C23H22N2O4S2. The Balaban J connectivity index is 1.28. The van der Waals surface area contributed by atoms with Gasteiger partial charge in [-0.15, -0.1) is 23.1 Å². The van der Waals surface area contributed by atoms with E-state index in [0.717, 1.165) is 52.9 Å². The average molecular weight is 455 g/mol. The minimum Gasteiger partial charge on any atom is -0.486 e. The number of thioether (sulfide) groups is 1. The lowest BCUT2D eigenvalue weighted by atomic mass is 10.1. The minimum absolute atomic E-state index is 0.154. The third-order valence-electron chi connectivity index (χ3n) is 5.14. The van der Waals surface area contributed by atoms with Crippen LogP contribution in [0.2, 0.25) is 0 Å². The Hall–Kier alpha value is -2.55. The first-order valence-corrected chi connectivity index (χ1v) is 12.1. The van der Waals surface area contributed by atoms with E-state index in [-0.39, 0.29) is 12.0 Å². The normalized spacial score (nSPS) is 17.5. The number of hydrogen-bond acceptors (Lipinski definition) is 7. The second-order valence-electron chi connectivity index (χ2n) is 7.29. The van der Waals surface area contributed by atoms with E-state index in [0.29, 0.717) is 23.9 Å². The molecule has 0 aliphatic carbocycles. The molecule has 3 heterocycles. The van der Waals surface area contributed by atoms with Gasteiger partial charge in [0.05, 0.1) is 17.4 Å². The van der Waals surface area contributed by atoms with E-state index in [4.69, 9.17) is 14.2 Å². The first-order valence-electron chi connectivity index (χ1n) is 10.3. The van der Waals surface area contributed by atoms with Crippen LogP contribution in [0.1, 0.15) is 23.2 Å². The average Bonchev–Trinajstić information content (AvgIpc) is 3.50. The lowest BCUT2D eigenvalue weighted by molar-refractivity contribution is 0.102. The number of carbonyl (C=O) groups excluding carboxylic acids is 1. The smallest absolute Gasteiger partial charge is 0.258 e. The molecular weight excluding hydrogens is 432 g/mol. The fraction of sp³-hybridized carbons (Fsp3) is 0.304. The van der Waals surface area contributed by atoms with Crippen molar-refractivity contribution >= 4 is 34.1 Å². The Kier molecular flexibility index (Phi) is 6.11. The number of benzene rings is 2. The number of ether oxygens (including phenoxy) is 3. The van der Waals surface area contributed by atoms with Crippen LogP contribution in [-0.2, 0) is 4.74 Å². The van der Waals surface area contributed by atoms with E-state index in [9.17, 15) is 4.79 Å². The van der Waals surface area contributed by atoms with Gasteiger partial charge in [-0.3, -0.25) is 10.1 Å². The van der Waals surface area contributed by atoms with Crippen molar-refractivity contribution in [1.29, 1.82) is 0 Å². The number of hydrogen-bond donors (Lipinski definition) is 1. The zero-order valence-electron chi connectivity index (χ0n) is 16.8. The van der Waals surface area contributed by atoms with Crippen molar-refractivity contribution in [2.24, 2.45) is 0 Å².